The lowest BCUT2D eigenvalue weighted by molar-refractivity contribution is -0.114. The third-order valence-electron chi connectivity index (χ3n) is 3.79. The molecule has 6 nitrogen and oxygen atoms in total. The van der Waals surface area contributed by atoms with Crippen LogP contribution in [-0.4, -0.2) is 33.8 Å². The molecule has 2 aromatic rings. The highest BCUT2D eigenvalue weighted by atomic mass is 16.5. The number of hydrogen-bond acceptors (Lipinski definition) is 5. The molecule has 0 saturated heterocycles. The van der Waals surface area contributed by atoms with Crippen LogP contribution in [0.3, 0.4) is 0 Å². The van der Waals surface area contributed by atoms with Crippen molar-refractivity contribution >= 4 is 17.3 Å². The summed E-state index contributed by atoms with van der Waals surface area (Å²) in [4.78, 5) is 12.3. The number of carbonyl (C=O) groups excluding carboxylic acids is 1. The predicted octanol–water partition coefficient (Wildman–Crippen LogP) is 3.33. The highest BCUT2D eigenvalue weighted by Gasteiger charge is 2.14. The number of hydrogen-bond donors (Lipinski definition) is 2. The van der Waals surface area contributed by atoms with E-state index >= 15 is 0 Å². The molecular weight excluding hydrogens is 320 g/mol. The average Bonchev–Trinajstić information content (AvgIpc) is 2.65. The van der Waals surface area contributed by atoms with Gasteiger partial charge in [0.2, 0.25) is 11.7 Å². The summed E-state index contributed by atoms with van der Waals surface area (Å²) in [5.74, 6) is 1.29. The van der Waals surface area contributed by atoms with E-state index in [0.717, 1.165) is 12.1 Å². The van der Waals surface area contributed by atoms with Gasteiger partial charge in [-0.2, -0.15) is 0 Å². The largest absolute Gasteiger partial charge is 0.493 e. The van der Waals surface area contributed by atoms with Gasteiger partial charge >= 0.3 is 0 Å². The van der Waals surface area contributed by atoms with E-state index in [-0.39, 0.29) is 12.5 Å². The predicted molar refractivity (Wildman–Crippen MR) is 99.0 cm³/mol. The van der Waals surface area contributed by atoms with E-state index in [1.165, 1.54) is 26.9 Å². The van der Waals surface area contributed by atoms with E-state index in [2.05, 4.69) is 17.6 Å². The molecule has 0 aliphatic heterocycles. The van der Waals surface area contributed by atoms with E-state index in [4.69, 9.17) is 14.2 Å². The Morgan fingerprint density at radius 3 is 2.20 bits per heavy atom. The van der Waals surface area contributed by atoms with Gasteiger partial charge in [0.05, 0.1) is 27.9 Å². The molecule has 2 N–H and O–H groups in total. The quantitative estimate of drug-likeness (QED) is 0.769. The Morgan fingerprint density at radius 1 is 1.00 bits per heavy atom. The van der Waals surface area contributed by atoms with E-state index < -0.39 is 0 Å². The molecule has 0 fully saturated rings. The lowest BCUT2D eigenvalue weighted by atomic mass is 10.1. The molecule has 2 aromatic carbocycles. The number of aryl methyl sites for hydroxylation is 1. The Morgan fingerprint density at radius 2 is 1.64 bits per heavy atom. The van der Waals surface area contributed by atoms with Crippen LogP contribution in [0.2, 0.25) is 0 Å². The summed E-state index contributed by atoms with van der Waals surface area (Å²) in [6.45, 7) is 2.24. The van der Waals surface area contributed by atoms with Crippen molar-refractivity contribution in [1.82, 2.24) is 0 Å². The first kappa shape index (κ1) is 18.4. The standard InChI is InChI=1S/C19H24N2O4/c1-5-13-8-6-7-9-15(13)20-12-18(22)21-14-10-16(23-2)19(25-4)17(11-14)24-3/h6-11,20H,5,12H2,1-4H3,(H,21,22). The summed E-state index contributed by atoms with van der Waals surface area (Å²) in [7, 11) is 4.60. The van der Waals surface area contributed by atoms with Gasteiger partial charge in [-0.1, -0.05) is 25.1 Å². The summed E-state index contributed by atoms with van der Waals surface area (Å²) in [5.41, 5.74) is 2.71. The normalized spacial score (nSPS) is 10.1. The molecule has 0 aliphatic carbocycles. The Kier molecular flexibility index (Phi) is 6.51. The fourth-order valence-corrected chi connectivity index (χ4v) is 2.54. The first-order valence-corrected chi connectivity index (χ1v) is 8.04. The van der Waals surface area contributed by atoms with Crippen molar-refractivity contribution in [3.63, 3.8) is 0 Å². The SMILES string of the molecule is CCc1ccccc1NCC(=O)Nc1cc(OC)c(OC)c(OC)c1. The molecule has 25 heavy (non-hydrogen) atoms. The lowest BCUT2D eigenvalue weighted by Crippen LogP contribution is -2.22. The number of nitrogens with one attached hydrogen (secondary N) is 2. The molecule has 134 valence electrons. The van der Waals surface area contributed by atoms with Crippen molar-refractivity contribution in [1.29, 1.82) is 0 Å². The van der Waals surface area contributed by atoms with Crippen LogP contribution in [0, 0.1) is 0 Å². The Bertz CT molecular complexity index is 706. The molecule has 0 atom stereocenters. The van der Waals surface area contributed by atoms with Crippen LogP contribution in [0.5, 0.6) is 17.2 Å². The minimum absolute atomic E-state index is 0.160. The van der Waals surface area contributed by atoms with Crippen LogP contribution in [0.25, 0.3) is 0 Å². The zero-order chi connectivity index (χ0) is 18.2. The first-order valence-electron chi connectivity index (χ1n) is 8.04. The molecular formula is C19H24N2O4. The molecule has 0 bridgehead atoms. The molecule has 0 unspecified atom stereocenters. The maximum Gasteiger partial charge on any atom is 0.243 e. The summed E-state index contributed by atoms with van der Waals surface area (Å²) < 4.78 is 15.9. The number of benzene rings is 2. The second-order valence-corrected chi connectivity index (χ2v) is 5.33. The fourth-order valence-electron chi connectivity index (χ4n) is 2.54. The van der Waals surface area contributed by atoms with Gasteiger partial charge in [-0.3, -0.25) is 4.79 Å². The monoisotopic (exact) mass is 344 g/mol. The molecule has 6 heteroatoms. The van der Waals surface area contributed by atoms with Gasteiger partial charge in [-0.25, -0.2) is 0 Å². The number of rotatable bonds is 8. The van der Waals surface area contributed by atoms with Gasteiger partial charge in [-0.15, -0.1) is 0 Å². The zero-order valence-electron chi connectivity index (χ0n) is 15.0. The van der Waals surface area contributed by atoms with Crippen LogP contribution >= 0.6 is 0 Å². The smallest absolute Gasteiger partial charge is 0.243 e. The average molecular weight is 344 g/mol. The number of carbonyl (C=O) groups is 1. The summed E-state index contributed by atoms with van der Waals surface area (Å²) in [5, 5.41) is 6.00. The van der Waals surface area contributed by atoms with Gasteiger partial charge in [-0.05, 0) is 18.1 Å². The third-order valence-corrected chi connectivity index (χ3v) is 3.79. The molecule has 0 spiro atoms. The van der Waals surface area contributed by atoms with E-state index in [1.54, 1.807) is 12.1 Å². The van der Waals surface area contributed by atoms with Crippen LogP contribution in [0.15, 0.2) is 36.4 Å². The van der Waals surface area contributed by atoms with Gasteiger partial charge in [0.15, 0.2) is 11.5 Å². The summed E-state index contributed by atoms with van der Waals surface area (Å²) in [6, 6.07) is 11.3. The third kappa shape index (κ3) is 4.56. The minimum Gasteiger partial charge on any atom is -0.493 e. The summed E-state index contributed by atoms with van der Waals surface area (Å²) in [6.07, 6.45) is 0.900. The molecule has 0 aliphatic rings. The van der Waals surface area contributed by atoms with Crippen molar-refractivity contribution in [2.75, 3.05) is 38.5 Å². The molecule has 0 heterocycles. The van der Waals surface area contributed by atoms with E-state index in [9.17, 15) is 4.79 Å². The highest BCUT2D eigenvalue weighted by Crippen LogP contribution is 2.39. The molecule has 2 rings (SSSR count). The fraction of sp³-hybridized carbons (Fsp3) is 0.316. The van der Waals surface area contributed by atoms with Gasteiger partial charge in [0, 0.05) is 23.5 Å². The second-order valence-electron chi connectivity index (χ2n) is 5.33. The highest BCUT2D eigenvalue weighted by molar-refractivity contribution is 5.94. The second kappa shape index (κ2) is 8.82. The zero-order valence-corrected chi connectivity index (χ0v) is 15.0. The van der Waals surface area contributed by atoms with Crippen molar-refractivity contribution in [3.8, 4) is 17.2 Å². The number of para-hydroxylation sites is 1. The molecule has 1 amide bonds. The first-order chi connectivity index (χ1) is 12.1. The van der Waals surface area contributed by atoms with Crippen molar-refractivity contribution in [2.24, 2.45) is 0 Å². The number of ether oxygens (including phenoxy) is 3. The topological polar surface area (TPSA) is 68.8 Å². The number of amides is 1. The maximum absolute atomic E-state index is 12.3. The maximum atomic E-state index is 12.3. The van der Waals surface area contributed by atoms with Gasteiger partial charge in [0.25, 0.3) is 0 Å². The molecule has 0 radical (unpaired) electrons. The van der Waals surface area contributed by atoms with E-state index in [0.29, 0.717) is 22.9 Å². The Balaban J connectivity index is 2.07. The number of anilines is 2. The van der Waals surface area contributed by atoms with Crippen LogP contribution in [-0.2, 0) is 11.2 Å². The van der Waals surface area contributed by atoms with Crippen LogP contribution in [0.4, 0.5) is 11.4 Å². The van der Waals surface area contributed by atoms with Crippen molar-refractivity contribution in [3.05, 3.63) is 42.0 Å². The summed E-state index contributed by atoms with van der Waals surface area (Å²) >= 11 is 0. The van der Waals surface area contributed by atoms with Crippen LogP contribution in [0.1, 0.15) is 12.5 Å². The Labute approximate surface area is 148 Å². The van der Waals surface area contributed by atoms with E-state index in [1.807, 2.05) is 24.3 Å². The molecule has 0 saturated carbocycles. The van der Waals surface area contributed by atoms with Crippen molar-refractivity contribution < 1.29 is 19.0 Å². The minimum atomic E-state index is -0.167. The van der Waals surface area contributed by atoms with Gasteiger partial charge in [0.1, 0.15) is 0 Å². The van der Waals surface area contributed by atoms with Crippen molar-refractivity contribution in [2.45, 2.75) is 13.3 Å². The Hall–Kier alpha value is -2.89. The van der Waals surface area contributed by atoms with Crippen LogP contribution < -0.4 is 24.8 Å². The molecule has 0 aromatic heterocycles. The number of methoxy groups -OCH3 is 3. The van der Waals surface area contributed by atoms with Gasteiger partial charge < -0.3 is 24.8 Å². The lowest BCUT2D eigenvalue weighted by Gasteiger charge is -2.15.